The third kappa shape index (κ3) is 7.17. The van der Waals surface area contributed by atoms with Gasteiger partial charge >= 0.3 is 6.18 Å². The Balaban J connectivity index is 1.69. The molecule has 1 aliphatic heterocycles. The van der Waals surface area contributed by atoms with Gasteiger partial charge in [-0.25, -0.2) is 4.98 Å². The number of ether oxygens (including phenoxy) is 1. The second-order valence-corrected chi connectivity index (χ2v) is 10.5. The number of nitrogens with one attached hydrogen (secondary N) is 1. The molecule has 0 saturated carbocycles. The van der Waals surface area contributed by atoms with E-state index in [-0.39, 0.29) is 41.7 Å². The van der Waals surface area contributed by atoms with Crippen LogP contribution in [0.4, 0.5) is 24.5 Å². The highest BCUT2D eigenvalue weighted by molar-refractivity contribution is 7.10. The molecule has 2 heterocycles. The van der Waals surface area contributed by atoms with Crippen LogP contribution in [0.2, 0.25) is 0 Å². The number of carbonyl (C=O) groups excluding carboxylic acids is 2. The van der Waals surface area contributed by atoms with Crippen LogP contribution < -0.4 is 15.0 Å². The lowest BCUT2D eigenvalue weighted by atomic mass is 10.1. The average Bonchev–Trinajstić information content (AvgIpc) is 3.55. The summed E-state index contributed by atoms with van der Waals surface area (Å²) in [5.74, 6) is 1.12. The summed E-state index contributed by atoms with van der Waals surface area (Å²) in [5.41, 5.74) is 0.433. The molecule has 0 spiro atoms. The first kappa shape index (κ1) is 29.9. The number of hydrogen-bond donors (Lipinski definition) is 2. The maximum Gasteiger partial charge on any atom is 0.416 e. The van der Waals surface area contributed by atoms with E-state index < -0.39 is 35.7 Å². The molecule has 1 atom stereocenters. The first-order valence-electron chi connectivity index (χ1n) is 12.9. The highest BCUT2D eigenvalue weighted by Crippen LogP contribution is 2.38. The standard InChI is InChI=1S/C29H29F3N4O4S/c1-4-26-34-24(17-41-26)27(38)36(22-13-20(29(30,31)32)14-23(15-22)40-18(2)3)25-9-11-35(28(25)39)16-19-5-7-21(8-6-19)33-10-12-37/h1,5-8,13-15,17-18,25,33,37H,9-12,16H2,2-3H3. The van der Waals surface area contributed by atoms with E-state index in [1.807, 2.05) is 24.3 Å². The fraction of sp³-hybridized carbons (Fsp3) is 0.345. The number of anilines is 2. The molecule has 8 nitrogen and oxygen atoms in total. The number of likely N-dealkylation sites (tertiary alicyclic amines) is 1. The molecule has 1 aromatic heterocycles. The van der Waals surface area contributed by atoms with Crippen molar-refractivity contribution in [3.05, 3.63) is 69.7 Å². The third-order valence-corrected chi connectivity index (χ3v) is 7.06. The Kier molecular flexibility index (Phi) is 9.20. The Morgan fingerprint density at radius 3 is 2.63 bits per heavy atom. The number of thiazole rings is 1. The summed E-state index contributed by atoms with van der Waals surface area (Å²) < 4.78 is 47.3. The molecule has 216 valence electrons. The van der Waals surface area contributed by atoms with Crippen LogP contribution in [0.25, 0.3) is 0 Å². The summed E-state index contributed by atoms with van der Waals surface area (Å²) in [4.78, 5) is 34.2. The van der Waals surface area contributed by atoms with Gasteiger partial charge in [0.1, 0.15) is 17.5 Å². The largest absolute Gasteiger partial charge is 0.491 e. The molecule has 3 aromatic rings. The summed E-state index contributed by atoms with van der Waals surface area (Å²) in [7, 11) is 0. The second kappa shape index (κ2) is 12.6. The van der Waals surface area contributed by atoms with Crippen LogP contribution in [0.15, 0.2) is 47.8 Å². The van der Waals surface area contributed by atoms with Gasteiger partial charge in [-0.3, -0.25) is 14.5 Å². The van der Waals surface area contributed by atoms with Crippen molar-refractivity contribution in [2.45, 2.75) is 45.1 Å². The quantitative estimate of drug-likeness (QED) is 0.332. The van der Waals surface area contributed by atoms with Crippen molar-refractivity contribution in [3.63, 3.8) is 0 Å². The maximum absolute atomic E-state index is 13.9. The van der Waals surface area contributed by atoms with Gasteiger partial charge in [-0.15, -0.1) is 17.8 Å². The number of nitrogens with zero attached hydrogens (tertiary/aromatic N) is 3. The molecule has 1 fully saturated rings. The highest BCUT2D eigenvalue weighted by Gasteiger charge is 2.41. The molecule has 4 rings (SSSR count). The molecule has 1 saturated heterocycles. The fourth-order valence-electron chi connectivity index (χ4n) is 4.49. The zero-order valence-corrected chi connectivity index (χ0v) is 23.3. The maximum atomic E-state index is 13.9. The smallest absolute Gasteiger partial charge is 0.416 e. The topological polar surface area (TPSA) is 95.0 Å². The minimum absolute atomic E-state index is 0.0114. The van der Waals surface area contributed by atoms with Crippen LogP contribution in [0, 0.1) is 12.3 Å². The van der Waals surface area contributed by atoms with Crippen LogP contribution in [-0.4, -0.2) is 58.6 Å². The van der Waals surface area contributed by atoms with Crippen LogP contribution in [0.1, 0.15) is 46.9 Å². The summed E-state index contributed by atoms with van der Waals surface area (Å²) in [6.07, 6.45) is 0.456. The number of aliphatic hydroxyl groups excluding tert-OH is 1. The first-order chi connectivity index (χ1) is 19.5. The van der Waals surface area contributed by atoms with Crippen LogP contribution in [0.5, 0.6) is 5.75 Å². The van der Waals surface area contributed by atoms with Crippen molar-refractivity contribution in [1.82, 2.24) is 9.88 Å². The number of aliphatic hydroxyl groups is 1. The molecule has 0 aliphatic carbocycles. The summed E-state index contributed by atoms with van der Waals surface area (Å²) >= 11 is 1.05. The molecular formula is C29H29F3N4O4S. The first-order valence-corrected chi connectivity index (χ1v) is 13.7. The van der Waals surface area contributed by atoms with E-state index in [0.29, 0.717) is 13.1 Å². The lowest BCUT2D eigenvalue weighted by Gasteiger charge is -2.29. The van der Waals surface area contributed by atoms with Gasteiger partial charge in [0.15, 0.2) is 5.01 Å². The number of alkyl halides is 3. The number of aromatic nitrogens is 1. The number of carbonyl (C=O) groups is 2. The van der Waals surface area contributed by atoms with Gasteiger partial charge in [-0.2, -0.15) is 13.2 Å². The van der Waals surface area contributed by atoms with Crippen LogP contribution >= 0.6 is 11.3 Å². The number of hydrogen-bond acceptors (Lipinski definition) is 7. The van der Waals surface area contributed by atoms with E-state index in [1.54, 1.807) is 18.7 Å². The second-order valence-electron chi connectivity index (χ2n) is 9.65. The van der Waals surface area contributed by atoms with Gasteiger partial charge in [0, 0.05) is 42.5 Å². The van der Waals surface area contributed by atoms with Crippen LogP contribution in [0.3, 0.4) is 0 Å². The number of rotatable bonds is 10. The van der Waals surface area contributed by atoms with Crippen molar-refractivity contribution >= 4 is 34.5 Å². The third-order valence-electron chi connectivity index (χ3n) is 6.28. The molecule has 2 amide bonds. The Bertz CT molecular complexity index is 1430. The van der Waals surface area contributed by atoms with Gasteiger partial charge < -0.3 is 20.1 Å². The molecule has 1 unspecified atom stereocenters. The normalized spacial score (nSPS) is 15.2. The Hall–Kier alpha value is -4.08. The molecule has 0 bridgehead atoms. The molecule has 2 aromatic carbocycles. The predicted molar refractivity (Wildman–Crippen MR) is 150 cm³/mol. The van der Waals surface area contributed by atoms with E-state index in [9.17, 15) is 22.8 Å². The monoisotopic (exact) mass is 586 g/mol. The van der Waals surface area contributed by atoms with Crippen molar-refractivity contribution in [2.75, 3.05) is 29.9 Å². The highest BCUT2D eigenvalue weighted by atomic mass is 32.1. The van der Waals surface area contributed by atoms with E-state index >= 15 is 0 Å². The minimum atomic E-state index is -4.72. The van der Waals surface area contributed by atoms with Gasteiger partial charge in [-0.1, -0.05) is 12.1 Å². The van der Waals surface area contributed by atoms with Crippen molar-refractivity contribution < 1.29 is 32.6 Å². The van der Waals surface area contributed by atoms with E-state index in [4.69, 9.17) is 16.3 Å². The van der Waals surface area contributed by atoms with Crippen molar-refractivity contribution in [3.8, 4) is 18.1 Å². The van der Waals surface area contributed by atoms with Gasteiger partial charge in [0.25, 0.3) is 5.91 Å². The zero-order chi connectivity index (χ0) is 29.7. The summed E-state index contributed by atoms with van der Waals surface area (Å²) in [6.45, 7) is 4.28. The van der Waals surface area contributed by atoms with E-state index in [2.05, 4.69) is 16.2 Å². The fourth-order valence-corrected chi connectivity index (χ4v) is 5.09. The van der Waals surface area contributed by atoms with Gasteiger partial charge in [0.05, 0.1) is 18.3 Å². The Morgan fingerprint density at radius 1 is 1.29 bits per heavy atom. The number of amides is 2. The minimum Gasteiger partial charge on any atom is -0.491 e. The summed E-state index contributed by atoms with van der Waals surface area (Å²) in [5, 5.41) is 13.7. The lowest BCUT2D eigenvalue weighted by Crippen LogP contribution is -2.45. The van der Waals surface area contributed by atoms with Crippen LogP contribution in [-0.2, 0) is 17.5 Å². The number of benzene rings is 2. The van der Waals surface area contributed by atoms with E-state index in [0.717, 1.165) is 39.6 Å². The van der Waals surface area contributed by atoms with E-state index in [1.165, 1.54) is 11.4 Å². The Morgan fingerprint density at radius 2 is 2.02 bits per heavy atom. The molecule has 0 radical (unpaired) electrons. The average molecular weight is 587 g/mol. The molecular weight excluding hydrogens is 557 g/mol. The molecule has 1 aliphatic rings. The lowest BCUT2D eigenvalue weighted by molar-refractivity contribution is -0.137. The molecule has 12 heteroatoms. The molecule has 2 N–H and O–H groups in total. The Labute approximate surface area is 239 Å². The zero-order valence-electron chi connectivity index (χ0n) is 22.4. The molecule has 41 heavy (non-hydrogen) atoms. The predicted octanol–water partition coefficient (Wildman–Crippen LogP) is 4.78. The SMILES string of the molecule is C#Cc1nc(C(=O)N(c2cc(OC(C)C)cc(C(F)(F)F)c2)C2CCN(Cc3ccc(NCCO)cc3)C2=O)cs1. The number of terminal acetylenes is 1. The van der Waals surface area contributed by atoms with Gasteiger partial charge in [-0.05, 0) is 56.0 Å². The van der Waals surface area contributed by atoms with Crippen molar-refractivity contribution in [2.24, 2.45) is 0 Å². The van der Waals surface area contributed by atoms with Gasteiger partial charge in [0.2, 0.25) is 5.91 Å². The summed E-state index contributed by atoms with van der Waals surface area (Å²) in [6, 6.07) is 9.28. The van der Waals surface area contributed by atoms with Crippen molar-refractivity contribution in [1.29, 1.82) is 0 Å². The number of halogens is 3.